The predicted octanol–water partition coefficient (Wildman–Crippen LogP) is 2.24. The second-order valence-electron chi connectivity index (χ2n) is 3.41. The first-order valence-electron chi connectivity index (χ1n) is 4.54. The minimum absolute atomic E-state index is 0.0344. The van der Waals surface area contributed by atoms with Crippen molar-refractivity contribution in [1.29, 1.82) is 0 Å². The average Bonchev–Trinajstić information content (AvgIpc) is 2.55. The number of carbonyl (C=O) groups is 1. The molecule has 0 bridgehead atoms. The van der Waals surface area contributed by atoms with E-state index in [1.807, 2.05) is 31.4 Å². The molecule has 0 fully saturated rings. The van der Waals surface area contributed by atoms with Crippen molar-refractivity contribution < 1.29 is 4.79 Å². The monoisotopic (exact) mass is 210 g/mol. The first-order valence-corrected chi connectivity index (χ1v) is 5.42. The molecule has 0 unspecified atom stereocenters. The van der Waals surface area contributed by atoms with Crippen LogP contribution in [-0.4, -0.2) is 12.1 Å². The number of nitrogens with zero attached hydrogens (tertiary/aromatic N) is 1. The lowest BCUT2D eigenvalue weighted by molar-refractivity contribution is -0.121. The van der Waals surface area contributed by atoms with Gasteiger partial charge in [0.05, 0.1) is 6.21 Å². The van der Waals surface area contributed by atoms with Crippen LogP contribution in [0.2, 0.25) is 0 Å². The molecular weight excluding hydrogens is 196 g/mol. The highest BCUT2D eigenvalue weighted by molar-refractivity contribution is 7.11. The van der Waals surface area contributed by atoms with Crippen LogP contribution in [-0.2, 0) is 4.79 Å². The van der Waals surface area contributed by atoms with Crippen molar-refractivity contribution in [2.75, 3.05) is 0 Å². The molecule has 1 aromatic rings. The molecule has 0 aliphatic carbocycles. The largest absolute Gasteiger partial charge is 0.273 e. The summed E-state index contributed by atoms with van der Waals surface area (Å²) >= 11 is 1.59. The number of rotatable bonds is 4. The van der Waals surface area contributed by atoms with Crippen LogP contribution < -0.4 is 5.43 Å². The van der Waals surface area contributed by atoms with Crippen LogP contribution in [0.4, 0.5) is 0 Å². The maximum atomic E-state index is 11.2. The number of thiophene rings is 1. The van der Waals surface area contributed by atoms with Gasteiger partial charge in [0.15, 0.2) is 0 Å². The quantitative estimate of drug-likeness (QED) is 0.601. The predicted molar refractivity (Wildman–Crippen MR) is 59.5 cm³/mol. The van der Waals surface area contributed by atoms with Gasteiger partial charge in [-0.3, -0.25) is 4.79 Å². The maximum absolute atomic E-state index is 11.2. The van der Waals surface area contributed by atoms with E-state index < -0.39 is 0 Å². The Balaban J connectivity index is 2.30. The molecule has 0 aliphatic rings. The topological polar surface area (TPSA) is 41.5 Å². The van der Waals surface area contributed by atoms with Crippen LogP contribution in [0.3, 0.4) is 0 Å². The molecule has 0 aliphatic heterocycles. The van der Waals surface area contributed by atoms with E-state index in [1.165, 1.54) is 0 Å². The van der Waals surface area contributed by atoms with Crippen LogP contribution >= 0.6 is 11.3 Å². The number of carbonyl (C=O) groups excluding carboxylic acids is 1. The summed E-state index contributed by atoms with van der Waals surface area (Å²) in [5, 5.41) is 5.82. The highest BCUT2D eigenvalue weighted by Gasteiger charge is 2.01. The first kappa shape index (κ1) is 10.9. The van der Waals surface area contributed by atoms with Gasteiger partial charge in [0, 0.05) is 11.3 Å². The van der Waals surface area contributed by atoms with Crippen molar-refractivity contribution in [3.05, 3.63) is 22.4 Å². The SMILES string of the molecule is CC(C)CC(=O)NN=Cc1cccs1. The minimum Gasteiger partial charge on any atom is -0.273 e. The molecule has 1 heterocycles. The summed E-state index contributed by atoms with van der Waals surface area (Å²) in [4.78, 5) is 12.2. The summed E-state index contributed by atoms with van der Waals surface area (Å²) in [6.45, 7) is 4.01. The van der Waals surface area contributed by atoms with Gasteiger partial charge in [0.2, 0.25) is 5.91 Å². The third-order valence-electron chi connectivity index (χ3n) is 1.52. The smallest absolute Gasteiger partial charge is 0.240 e. The van der Waals surface area contributed by atoms with Gasteiger partial charge in [-0.2, -0.15) is 5.10 Å². The van der Waals surface area contributed by atoms with Crippen LogP contribution in [0.1, 0.15) is 25.1 Å². The minimum atomic E-state index is -0.0344. The molecule has 0 aromatic carbocycles. The fraction of sp³-hybridized carbons (Fsp3) is 0.400. The molecule has 0 spiro atoms. The van der Waals surface area contributed by atoms with Crippen molar-refractivity contribution in [2.45, 2.75) is 20.3 Å². The molecule has 0 atom stereocenters. The molecule has 4 heteroatoms. The first-order chi connectivity index (χ1) is 6.68. The highest BCUT2D eigenvalue weighted by Crippen LogP contribution is 2.04. The molecular formula is C10H14N2OS. The third-order valence-corrected chi connectivity index (χ3v) is 2.32. The van der Waals surface area contributed by atoms with E-state index in [0.717, 1.165) is 4.88 Å². The molecule has 76 valence electrons. The highest BCUT2D eigenvalue weighted by atomic mass is 32.1. The zero-order chi connectivity index (χ0) is 10.4. The van der Waals surface area contributed by atoms with Crippen molar-refractivity contribution in [3.8, 4) is 0 Å². The summed E-state index contributed by atoms with van der Waals surface area (Å²) in [7, 11) is 0. The number of hydrazone groups is 1. The second kappa shape index (κ2) is 5.54. The van der Waals surface area contributed by atoms with Gasteiger partial charge in [0.25, 0.3) is 0 Å². The van der Waals surface area contributed by atoms with Gasteiger partial charge < -0.3 is 0 Å². The number of hydrogen-bond acceptors (Lipinski definition) is 3. The van der Waals surface area contributed by atoms with E-state index in [1.54, 1.807) is 17.6 Å². The van der Waals surface area contributed by atoms with Gasteiger partial charge in [-0.1, -0.05) is 19.9 Å². The van der Waals surface area contributed by atoms with Gasteiger partial charge >= 0.3 is 0 Å². The number of nitrogens with one attached hydrogen (secondary N) is 1. The van der Waals surface area contributed by atoms with Crippen LogP contribution in [0.15, 0.2) is 22.6 Å². The van der Waals surface area contributed by atoms with Crippen molar-refractivity contribution in [1.82, 2.24) is 5.43 Å². The van der Waals surface area contributed by atoms with E-state index in [0.29, 0.717) is 12.3 Å². The molecule has 0 saturated carbocycles. The molecule has 1 aromatic heterocycles. The van der Waals surface area contributed by atoms with Gasteiger partial charge in [-0.15, -0.1) is 11.3 Å². The van der Waals surface area contributed by atoms with Crippen LogP contribution in [0.25, 0.3) is 0 Å². The Kier molecular flexibility index (Phi) is 4.32. The Morgan fingerprint density at radius 3 is 3.07 bits per heavy atom. The molecule has 1 rings (SSSR count). The fourth-order valence-corrected chi connectivity index (χ4v) is 1.53. The Hall–Kier alpha value is -1.16. The van der Waals surface area contributed by atoms with Crippen molar-refractivity contribution in [3.63, 3.8) is 0 Å². The lowest BCUT2D eigenvalue weighted by atomic mass is 10.1. The Morgan fingerprint density at radius 1 is 1.71 bits per heavy atom. The standard InChI is InChI=1S/C10H14N2OS/c1-8(2)6-10(13)12-11-7-9-4-3-5-14-9/h3-5,7-8H,6H2,1-2H3,(H,12,13). The summed E-state index contributed by atoms with van der Waals surface area (Å²) < 4.78 is 0. The zero-order valence-electron chi connectivity index (χ0n) is 8.36. The summed E-state index contributed by atoms with van der Waals surface area (Å²) in [5.41, 5.74) is 2.49. The Morgan fingerprint density at radius 2 is 2.50 bits per heavy atom. The average molecular weight is 210 g/mol. The van der Waals surface area contributed by atoms with Crippen LogP contribution in [0, 0.1) is 5.92 Å². The summed E-state index contributed by atoms with van der Waals surface area (Å²) in [5.74, 6) is 0.333. The fourth-order valence-electron chi connectivity index (χ4n) is 0.949. The molecule has 1 amide bonds. The maximum Gasteiger partial charge on any atom is 0.240 e. The molecule has 0 radical (unpaired) electrons. The molecule has 1 N–H and O–H groups in total. The van der Waals surface area contributed by atoms with E-state index in [2.05, 4.69) is 10.5 Å². The van der Waals surface area contributed by atoms with Gasteiger partial charge in [-0.25, -0.2) is 5.43 Å². The second-order valence-corrected chi connectivity index (χ2v) is 4.39. The zero-order valence-corrected chi connectivity index (χ0v) is 9.17. The van der Waals surface area contributed by atoms with Crippen LogP contribution in [0.5, 0.6) is 0 Å². The molecule has 0 saturated heterocycles. The Labute approximate surface area is 87.8 Å². The lowest BCUT2D eigenvalue weighted by Crippen LogP contribution is -2.18. The lowest BCUT2D eigenvalue weighted by Gasteiger charge is -2.01. The molecule has 14 heavy (non-hydrogen) atoms. The van der Waals surface area contributed by atoms with E-state index >= 15 is 0 Å². The van der Waals surface area contributed by atoms with E-state index in [-0.39, 0.29) is 5.91 Å². The van der Waals surface area contributed by atoms with Gasteiger partial charge in [-0.05, 0) is 17.4 Å². The normalized spacial score (nSPS) is 11.1. The summed E-state index contributed by atoms with van der Waals surface area (Å²) in [6, 6.07) is 3.89. The summed E-state index contributed by atoms with van der Waals surface area (Å²) in [6.07, 6.45) is 2.17. The molecule has 3 nitrogen and oxygen atoms in total. The number of hydrogen-bond donors (Lipinski definition) is 1. The van der Waals surface area contributed by atoms with E-state index in [9.17, 15) is 4.79 Å². The van der Waals surface area contributed by atoms with Crippen molar-refractivity contribution >= 4 is 23.5 Å². The van der Waals surface area contributed by atoms with Crippen molar-refractivity contribution in [2.24, 2.45) is 11.0 Å². The number of amides is 1. The van der Waals surface area contributed by atoms with Gasteiger partial charge in [0.1, 0.15) is 0 Å². The Bertz CT molecular complexity index is 304. The third kappa shape index (κ3) is 4.18. The van der Waals surface area contributed by atoms with E-state index in [4.69, 9.17) is 0 Å².